The van der Waals surface area contributed by atoms with Crippen LogP contribution in [-0.4, -0.2) is 47.4 Å². The molecule has 0 aromatic heterocycles. The van der Waals surface area contributed by atoms with Gasteiger partial charge in [-0.25, -0.2) is 0 Å². The van der Waals surface area contributed by atoms with Gasteiger partial charge in [0.15, 0.2) is 0 Å². The minimum atomic E-state index is -0.165. The molecule has 0 spiro atoms. The molecule has 0 aromatic rings. The van der Waals surface area contributed by atoms with Gasteiger partial charge < -0.3 is 15.5 Å². The summed E-state index contributed by atoms with van der Waals surface area (Å²) in [4.78, 5) is 25.7. The molecule has 2 aliphatic rings. The number of rotatable bonds is 2. The molecule has 0 saturated carbocycles. The first-order valence-corrected chi connectivity index (χ1v) is 6.72. The monoisotopic (exact) mass is 253 g/mol. The highest BCUT2D eigenvalue weighted by Gasteiger charge is 2.37. The summed E-state index contributed by atoms with van der Waals surface area (Å²) >= 11 is 0. The van der Waals surface area contributed by atoms with Crippen LogP contribution in [0.15, 0.2) is 0 Å². The van der Waals surface area contributed by atoms with Crippen molar-refractivity contribution in [2.24, 2.45) is 0 Å². The topological polar surface area (TPSA) is 61.4 Å². The zero-order chi connectivity index (χ0) is 13.3. The van der Waals surface area contributed by atoms with Gasteiger partial charge in [0, 0.05) is 18.5 Å². The van der Waals surface area contributed by atoms with E-state index in [1.165, 1.54) is 0 Å². The van der Waals surface area contributed by atoms with E-state index in [1.807, 2.05) is 25.7 Å². The lowest BCUT2D eigenvalue weighted by molar-refractivity contribution is -0.131. The van der Waals surface area contributed by atoms with Gasteiger partial charge in [0.25, 0.3) is 0 Å². The quantitative estimate of drug-likeness (QED) is 0.742. The molecule has 102 valence electrons. The number of hydrogen-bond donors (Lipinski definition) is 2. The van der Waals surface area contributed by atoms with Crippen LogP contribution in [0.25, 0.3) is 0 Å². The first-order chi connectivity index (χ1) is 8.38. The summed E-state index contributed by atoms with van der Waals surface area (Å²) in [5.74, 6) is 0.174. The van der Waals surface area contributed by atoms with Gasteiger partial charge in [-0.2, -0.15) is 0 Å². The van der Waals surface area contributed by atoms with Crippen LogP contribution < -0.4 is 10.6 Å². The molecule has 2 heterocycles. The summed E-state index contributed by atoms with van der Waals surface area (Å²) in [5.41, 5.74) is -0.165. The van der Waals surface area contributed by atoms with Crippen LogP contribution in [0.3, 0.4) is 0 Å². The molecule has 0 bridgehead atoms. The summed E-state index contributed by atoms with van der Waals surface area (Å²) in [6.45, 7) is 7.60. The van der Waals surface area contributed by atoms with Crippen molar-refractivity contribution in [2.75, 3.05) is 13.1 Å². The zero-order valence-electron chi connectivity index (χ0n) is 11.5. The van der Waals surface area contributed by atoms with Crippen molar-refractivity contribution in [2.45, 2.75) is 57.7 Å². The number of amides is 2. The summed E-state index contributed by atoms with van der Waals surface area (Å²) in [6, 6.07) is -0.101. The standard InChI is InChI=1S/C13H23N3O2/c1-13(2,3)16-8-9(7-11(16)17)15-12(18)10-5-4-6-14-10/h9-10,14H,4-8H2,1-3H3,(H,15,18). The second-order valence-electron chi connectivity index (χ2n) is 6.23. The van der Waals surface area contributed by atoms with Crippen molar-refractivity contribution in [3.63, 3.8) is 0 Å². The first-order valence-electron chi connectivity index (χ1n) is 6.72. The van der Waals surface area contributed by atoms with Crippen molar-refractivity contribution in [1.82, 2.24) is 15.5 Å². The van der Waals surface area contributed by atoms with Gasteiger partial charge in [0.1, 0.15) is 0 Å². The number of hydrogen-bond acceptors (Lipinski definition) is 3. The number of likely N-dealkylation sites (tertiary alicyclic amines) is 1. The minimum Gasteiger partial charge on any atom is -0.350 e. The summed E-state index contributed by atoms with van der Waals surface area (Å²) < 4.78 is 0. The third kappa shape index (κ3) is 2.83. The fourth-order valence-electron chi connectivity index (χ4n) is 2.66. The fraction of sp³-hybridized carbons (Fsp3) is 0.846. The molecule has 0 aliphatic carbocycles. The van der Waals surface area contributed by atoms with E-state index < -0.39 is 0 Å². The number of carbonyl (C=O) groups excluding carboxylic acids is 2. The smallest absolute Gasteiger partial charge is 0.237 e. The Morgan fingerprint density at radius 3 is 2.67 bits per heavy atom. The molecular weight excluding hydrogens is 230 g/mol. The van der Waals surface area contributed by atoms with E-state index in [0.717, 1.165) is 19.4 Å². The lowest BCUT2D eigenvalue weighted by atomic mass is 10.1. The van der Waals surface area contributed by atoms with Gasteiger partial charge in [0.2, 0.25) is 11.8 Å². The van der Waals surface area contributed by atoms with Crippen LogP contribution in [0.4, 0.5) is 0 Å². The normalized spacial score (nSPS) is 28.8. The number of carbonyl (C=O) groups is 2. The maximum absolute atomic E-state index is 12.0. The van der Waals surface area contributed by atoms with Gasteiger partial charge in [0.05, 0.1) is 12.1 Å². The predicted molar refractivity (Wildman–Crippen MR) is 69.0 cm³/mol. The Morgan fingerprint density at radius 1 is 1.44 bits per heavy atom. The Kier molecular flexibility index (Phi) is 3.61. The molecule has 0 aromatic carbocycles. The maximum atomic E-state index is 12.0. The molecule has 5 heteroatoms. The van der Waals surface area contributed by atoms with Crippen LogP contribution in [0.5, 0.6) is 0 Å². The number of nitrogens with one attached hydrogen (secondary N) is 2. The Bertz CT molecular complexity index is 343. The molecule has 2 unspecified atom stereocenters. The Hall–Kier alpha value is -1.10. The second-order valence-corrected chi connectivity index (χ2v) is 6.23. The van der Waals surface area contributed by atoms with E-state index in [-0.39, 0.29) is 29.4 Å². The van der Waals surface area contributed by atoms with E-state index in [1.54, 1.807) is 0 Å². The van der Waals surface area contributed by atoms with Crippen molar-refractivity contribution in [3.8, 4) is 0 Å². The molecule has 0 radical (unpaired) electrons. The SMILES string of the molecule is CC(C)(C)N1CC(NC(=O)C2CCCN2)CC1=O. The van der Waals surface area contributed by atoms with Crippen molar-refractivity contribution in [1.29, 1.82) is 0 Å². The first kappa shape index (κ1) is 13.3. The van der Waals surface area contributed by atoms with Crippen molar-refractivity contribution >= 4 is 11.8 Å². The van der Waals surface area contributed by atoms with E-state index in [4.69, 9.17) is 0 Å². The zero-order valence-corrected chi connectivity index (χ0v) is 11.5. The van der Waals surface area contributed by atoms with Crippen molar-refractivity contribution < 1.29 is 9.59 Å². The lowest BCUT2D eigenvalue weighted by Gasteiger charge is -2.32. The summed E-state index contributed by atoms with van der Waals surface area (Å²) in [6.07, 6.45) is 2.38. The third-order valence-corrected chi connectivity index (χ3v) is 3.66. The minimum absolute atomic E-state index is 0.0355. The Morgan fingerprint density at radius 2 is 2.17 bits per heavy atom. The molecular formula is C13H23N3O2. The second kappa shape index (κ2) is 4.88. The summed E-state index contributed by atoms with van der Waals surface area (Å²) in [7, 11) is 0. The Labute approximate surface area is 108 Å². The van der Waals surface area contributed by atoms with Crippen LogP contribution in [0.2, 0.25) is 0 Å². The molecule has 2 aliphatic heterocycles. The van der Waals surface area contributed by atoms with E-state index in [2.05, 4.69) is 10.6 Å². The average Bonchev–Trinajstić information content (AvgIpc) is 2.85. The molecule has 2 atom stereocenters. The highest BCUT2D eigenvalue weighted by molar-refractivity contribution is 5.85. The van der Waals surface area contributed by atoms with E-state index in [0.29, 0.717) is 13.0 Å². The number of nitrogens with zero attached hydrogens (tertiary/aromatic N) is 1. The van der Waals surface area contributed by atoms with Crippen LogP contribution in [-0.2, 0) is 9.59 Å². The molecule has 18 heavy (non-hydrogen) atoms. The average molecular weight is 253 g/mol. The van der Waals surface area contributed by atoms with Crippen molar-refractivity contribution in [3.05, 3.63) is 0 Å². The molecule has 2 saturated heterocycles. The van der Waals surface area contributed by atoms with Gasteiger partial charge in [-0.05, 0) is 40.2 Å². The van der Waals surface area contributed by atoms with Gasteiger partial charge in [-0.3, -0.25) is 9.59 Å². The van der Waals surface area contributed by atoms with Crippen LogP contribution in [0.1, 0.15) is 40.0 Å². The highest BCUT2D eigenvalue weighted by Crippen LogP contribution is 2.22. The van der Waals surface area contributed by atoms with Gasteiger partial charge >= 0.3 is 0 Å². The highest BCUT2D eigenvalue weighted by atomic mass is 16.2. The maximum Gasteiger partial charge on any atom is 0.237 e. The summed E-state index contributed by atoms with van der Waals surface area (Å²) in [5, 5.41) is 6.16. The van der Waals surface area contributed by atoms with E-state index in [9.17, 15) is 9.59 Å². The Balaban J connectivity index is 1.88. The molecule has 2 rings (SSSR count). The van der Waals surface area contributed by atoms with Crippen LogP contribution in [0, 0.1) is 0 Å². The molecule has 5 nitrogen and oxygen atoms in total. The van der Waals surface area contributed by atoms with Crippen LogP contribution >= 0.6 is 0 Å². The van der Waals surface area contributed by atoms with E-state index >= 15 is 0 Å². The molecule has 2 fully saturated rings. The van der Waals surface area contributed by atoms with Gasteiger partial charge in [-0.1, -0.05) is 0 Å². The molecule has 2 N–H and O–H groups in total. The predicted octanol–water partition coefficient (Wildman–Crippen LogP) is 0.254. The lowest BCUT2D eigenvalue weighted by Crippen LogP contribution is -2.48. The fourth-order valence-corrected chi connectivity index (χ4v) is 2.66. The molecule has 2 amide bonds. The third-order valence-electron chi connectivity index (χ3n) is 3.66. The van der Waals surface area contributed by atoms with Gasteiger partial charge in [-0.15, -0.1) is 0 Å². The largest absolute Gasteiger partial charge is 0.350 e.